The molecule has 0 saturated carbocycles. The van der Waals surface area contributed by atoms with Gasteiger partial charge in [0.15, 0.2) is 0 Å². The Morgan fingerprint density at radius 3 is 2.33 bits per heavy atom. The Labute approximate surface area is 122 Å². The second-order valence-electron chi connectivity index (χ2n) is 5.66. The molecular weight excluding hydrogens is 277 g/mol. The normalized spacial score (nSPS) is 12.6. The van der Waals surface area contributed by atoms with E-state index in [4.69, 9.17) is 0 Å². The lowest BCUT2D eigenvalue weighted by atomic mass is 9.99. The Morgan fingerprint density at radius 1 is 1.14 bits per heavy atom. The summed E-state index contributed by atoms with van der Waals surface area (Å²) in [5.74, 6) is 0.275. The van der Waals surface area contributed by atoms with Crippen molar-refractivity contribution in [2.24, 2.45) is 0 Å². The van der Waals surface area contributed by atoms with E-state index in [1.807, 2.05) is 24.3 Å². The Morgan fingerprint density at radius 2 is 1.76 bits per heavy atom. The molecule has 0 N–H and O–H groups in total. The predicted octanol–water partition coefficient (Wildman–Crippen LogP) is 4.35. The van der Waals surface area contributed by atoms with Gasteiger partial charge in [0.05, 0.1) is 12.2 Å². The first-order chi connectivity index (χ1) is 9.78. The molecular formula is C16H19F3N2. The summed E-state index contributed by atoms with van der Waals surface area (Å²) in [6.07, 6.45) is -2.49. The highest BCUT2D eigenvalue weighted by atomic mass is 19.4. The minimum Gasteiger partial charge on any atom is -0.294 e. The molecule has 0 radical (unpaired) electrons. The number of hydrogen-bond donors (Lipinski definition) is 0. The van der Waals surface area contributed by atoms with Crippen molar-refractivity contribution in [1.82, 2.24) is 9.88 Å². The topological polar surface area (TPSA) is 16.1 Å². The van der Waals surface area contributed by atoms with Crippen molar-refractivity contribution >= 4 is 10.8 Å². The molecule has 5 heteroatoms. The van der Waals surface area contributed by atoms with Gasteiger partial charge in [-0.15, -0.1) is 0 Å². The van der Waals surface area contributed by atoms with Crippen molar-refractivity contribution in [1.29, 1.82) is 0 Å². The van der Waals surface area contributed by atoms with E-state index in [9.17, 15) is 13.2 Å². The third kappa shape index (κ3) is 3.94. The molecule has 0 saturated heterocycles. The minimum absolute atomic E-state index is 0.228. The molecule has 0 aliphatic heterocycles. The summed E-state index contributed by atoms with van der Waals surface area (Å²) >= 11 is 0. The number of aromatic nitrogens is 1. The molecule has 0 amide bonds. The maximum absolute atomic E-state index is 12.4. The zero-order valence-electron chi connectivity index (χ0n) is 12.4. The van der Waals surface area contributed by atoms with Gasteiger partial charge in [0.1, 0.15) is 0 Å². The van der Waals surface area contributed by atoms with Gasteiger partial charge in [-0.3, -0.25) is 9.88 Å². The summed E-state index contributed by atoms with van der Waals surface area (Å²) in [5, 5.41) is 2.00. The van der Waals surface area contributed by atoms with Crippen LogP contribution in [0.1, 0.15) is 31.0 Å². The molecule has 21 heavy (non-hydrogen) atoms. The third-order valence-corrected chi connectivity index (χ3v) is 3.34. The fourth-order valence-electron chi connectivity index (χ4n) is 2.51. The van der Waals surface area contributed by atoms with E-state index >= 15 is 0 Å². The van der Waals surface area contributed by atoms with Crippen LogP contribution in [0.4, 0.5) is 13.2 Å². The van der Waals surface area contributed by atoms with Crippen LogP contribution in [-0.2, 0) is 6.54 Å². The van der Waals surface area contributed by atoms with Gasteiger partial charge in [-0.2, -0.15) is 13.2 Å². The molecule has 2 aromatic rings. The highest BCUT2D eigenvalue weighted by molar-refractivity contribution is 5.87. The van der Waals surface area contributed by atoms with Gasteiger partial charge in [0.2, 0.25) is 0 Å². The highest BCUT2D eigenvalue weighted by Gasteiger charge is 2.29. The number of hydrogen-bond acceptors (Lipinski definition) is 2. The molecule has 114 valence electrons. The number of rotatable bonds is 4. The van der Waals surface area contributed by atoms with Gasteiger partial charge in [0.25, 0.3) is 0 Å². The van der Waals surface area contributed by atoms with Gasteiger partial charge < -0.3 is 0 Å². The second-order valence-corrected chi connectivity index (χ2v) is 5.66. The van der Waals surface area contributed by atoms with Crippen molar-refractivity contribution < 1.29 is 13.2 Å². The van der Waals surface area contributed by atoms with Crippen molar-refractivity contribution in [3.8, 4) is 0 Å². The van der Waals surface area contributed by atoms with Crippen molar-refractivity contribution in [2.45, 2.75) is 32.5 Å². The molecule has 1 aromatic carbocycles. The summed E-state index contributed by atoms with van der Waals surface area (Å²) in [4.78, 5) is 5.71. The van der Waals surface area contributed by atoms with E-state index in [1.165, 1.54) is 11.9 Å². The number of fused-ring (bicyclic) bond motifs is 1. The second kappa shape index (κ2) is 6.02. The van der Waals surface area contributed by atoms with E-state index in [-0.39, 0.29) is 12.5 Å². The molecule has 2 nitrogen and oxygen atoms in total. The van der Waals surface area contributed by atoms with E-state index in [1.54, 1.807) is 6.20 Å². The molecule has 0 aliphatic carbocycles. The summed E-state index contributed by atoms with van der Waals surface area (Å²) in [6.45, 7) is 3.42. The van der Waals surface area contributed by atoms with Crippen molar-refractivity contribution in [3.05, 3.63) is 41.7 Å². The Bertz CT molecular complexity index is 620. The zero-order valence-corrected chi connectivity index (χ0v) is 12.4. The van der Waals surface area contributed by atoms with E-state index in [0.29, 0.717) is 0 Å². The summed E-state index contributed by atoms with van der Waals surface area (Å²) < 4.78 is 37.3. The fourth-order valence-corrected chi connectivity index (χ4v) is 2.51. The van der Waals surface area contributed by atoms with Crippen LogP contribution in [0.5, 0.6) is 0 Å². The van der Waals surface area contributed by atoms with Crippen LogP contribution < -0.4 is 0 Å². The molecule has 0 spiro atoms. The fraction of sp³-hybridized carbons (Fsp3) is 0.438. The quantitative estimate of drug-likeness (QED) is 0.833. The maximum Gasteiger partial charge on any atom is 0.401 e. The molecule has 1 aromatic heterocycles. The van der Waals surface area contributed by atoms with Crippen molar-refractivity contribution in [3.63, 3.8) is 0 Å². The van der Waals surface area contributed by atoms with Crippen LogP contribution in [-0.4, -0.2) is 29.7 Å². The SMILES string of the molecule is CC(C)c1ncc(CN(C)CC(F)(F)F)c2ccccc12. The lowest BCUT2D eigenvalue weighted by Crippen LogP contribution is -2.30. The number of halogens is 3. The zero-order chi connectivity index (χ0) is 15.6. The smallest absolute Gasteiger partial charge is 0.294 e. The number of benzene rings is 1. The average Bonchev–Trinajstić information content (AvgIpc) is 2.36. The first-order valence-corrected chi connectivity index (χ1v) is 6.89. The van der Waals surface area contributed by atoms with Crippen molar-refractivity contribution in [2.75, 3.05) is 13.6 Å². The van der Waals surface area contributed by atoms with Gasteiger partial charge in [0, 0.05) is 18.1 Å². The third-order valence-electron chi connectivity index (χ3n) is 3.34. The number of pyridine rings is 1. The van der Waals surface area contributed by atoms with Gasteiger partial charge in [-0.25, -0.2) is 0 Å². The summed E-state index contributed by atoms with van der Waals surface area (Å²) in [5.41, 5.74) is 1.80. The lowest BCUT2D eigenvalue weighted by molar-refractivity contribution is -0.144. The van der Waals surface area contributed by atoms with Crippen LogP contribution in [0, 0.1) is 0 Å². The largest absolute Gasteiger partial charge is 0.401 e. The van der Waals surface area contributed by atoms with Gasteiger partial charge in [-0.1, -0.05) is 38.1 Å². The first-order valence-electron chi connectivity index (χ1n) is 6.89. The van der Waals surface area contributed by atoms with E-state index in [2.05, 4.69) is 18.8 Å². The monoisotopic (exact) mass is 296 g/mol. The molecule has 1 heterocycles. The molecule has 0 unspecified atom stereocenters. The standard InChI is InChI=1S/C16H19F3N2/c1-11(2)15-14-7-5-4-6-13(14)12(8-20-15)9-21(3)10-16(17,18)19/h4-8,11H,9-10H2,1-3H3. The maximum atomic E-state index is 12.4. The Hall–Kier alpha value is -1.62. The summed E-state index contributed by atoms with van der Waals surface area (Å²) in [6, 6.07) is 7.75. The summed E-state index contributed by atoms with van der Waals surface area (Å²) in [7, 11) is 1.47. The molecule has 0 fully saturated rings. The molecule has 0 aliphatic rings. The molecule has 0 bridgehead atoms. The van der Waals surface area contributed by atoms with E-state index in [0.717, 1.165) is 22.0 Å². The van der Waals surface area contributed by atoms with Gasteiger partial charge >= 0.3 is 6.18 Å². The van der Waals surface area contributed by atoms with Crippen LogP contribution in [0.25, 0.3) is 10.8 Å². The predicted molar refractivity (Wildman–Crippen MR) is 78.2 cm³/mol. The van der Waals surface area contributed by atoms with Crippen LogP contribution in [0.2, 0.25) is 0 Å². The van der Waals surface area contributed by atoms with Crippen LogP contribution in [0.15, 0.2) is 30.5 Å². The lowest BCUT2D eigenvalue weighted by Gasteiger charge is -2.20. The van der Waals surface area contributed by atoms with Crippen LogP contribution >= 0.6 is 0 Å². The van der Waals surface area contributed by atoms with Crippen LogP contribution in [0.3, 0.4) is 0 Å². The number of nitrogens with zero attached hydrogens (tertiary/aromatic N) is 2. The first kappa shape index (κ1) is 15.8. The Balaban J connectivity index is 2.35. The molecule has 2 rings (SSSR count). The number of alkyl halides is 3. The van der Waals surface area contributed by atoms with Gasteiger partial charge in [-0.05, 0) is 23.9 Å². The average molecular weight is 296 g/mol. The van der Waals surface area contributed by atoms with E-state index < -0.39 is 12.7 Å². The highest BCUT2D eigenvalue weighted by Crippen LogP contribution is 2.27. The minimum atomic E-state index is -4.18. The Kier molecular flexibility index (Phi) is 4.52. The molecule has 0 atom stereocenters.